The molecule has 0 bridgehead atoms. The lowest BCUT2D eigenvalue weighted by molar-refractivity contribution is -0.157. The van der Waals surface area contributed by atoms with Crippen LogP contribution < -0.4 is 0 Å². The second-order valence-electron chi connectivity index (χ2n) is 4.98. The van der Waals surface area contributed by atoms with Gasteiger partial charge < -0.3 is 4.90 Å². The molecule has 23 heavy (non-hydrogen) atoms. The molecule has 0 aromatic carbocycles. The summed E-state index contributed by atoms with van der Waals surface area (Å²) in [5.41, 5.74) is 0.739. The number of halogens is 3. The van der Waals surface area contributed by atoms with Crippen molar-refractivity contribution in [1.82, 2.24) is 25.1 Å². The van der Waals surface area contributed by atoms with Gasteiger partial charge in [0.05, 0.1) is 5.25 Å². The molecule has 10 heteroatoms. The Morgan fingerprint density at radius 2 is 2.26 bits per heavy atom. The molecule has 3 heterocycles. The highest BCUT2D eigenvalue weighted by Crippen LogP contribution is 2.31. The zero-order valence-electron chi connectivity index (χ0n) is 11.7. The first-order valence-corrected chi connectivity index (χ1v) is 7.65. The van der Waals surface area contributed by atoms with Gasteiger partial charge in [0, 0.05) is 24.5 Å². The summed E-state index contributed by atoms with van der Waals surface area (Å²) in [6.07, 6.45) is -0.799. The van der Waals surface area contributed by atoms with Crippen molar-refractivity contribution < 1.29 is 18.0 Å². The quantitative estimate of drug-likeness (QED) is 0.920. The third-order valence-corrected chi connectivity index (χ3v) is 4.38. The number of pyridine rings is 1. The van der Waals surface area contributed by atoms with Crippen molar-refractivity contribution in [2.45, 2.75) is 23.0 Å². The lowest BCUT2D eigenvalue weighted by Gasteiger charge is -2.17. The van der Waals surface area contributed by atoms with Crippen molar-refractivity contribution in [1.29, 1.82) is 0 Å². The summed E-state index contributed by atoms with van der Waals surface area (Å²) in [7, 11) is 0. The first kappa shape index (κ1) is 15.8. The molecule has 1 saturated heterocycles. The van der Waals surface area contributed by atoms with Crippen LogP contribution in [0.15, 0.2) is 29.7 Å². The molecule has 2 aromatic heterocycles. The Hall–Kier alpha value is -2.10. The van der Waals surface area contributed by atoms with Crippen LogP contribution in [-0.4, -0.2) is 55.5 Å². The largest absolute Gasteiger partial charge is 0.406 e. The van der Waals surface area contributed by atoms with Crippen LogP contribution in [0.25, 0.3) is 11.4 Å². The molecule has 1 atom stereocenters. The average molecular weight is 343 g/mol. The van der Waals surface area contributed by atoms with Gasteiger partial charge in [-0.25, -0.2) is 4.98 Å². The fraction of sp³-hybridized carbons (Fsp3) is 0.385. The first-order chi connectivity index (χ1) is 10.9. The predicted octanol–water partition coefficient (Wildman–Crippen LogP) is 2.12. The molecule has 0 radical (unpaired) electrons. The molecule has 6 nitrogen and oxygen atoms in total. The molecule has 1 amide bonds. The summed E-state index contributed by atoms with van der Waals surface area (Å²) in [5, 5.41) is 6.47. The number of nitrogens with one attached hydrogen (secondary N) is 1. The molecule has 1 aliphatic rings. The number of carbonyl (C=O) groups excluding carboxylic acids is 1. The van der Waals surface area contributed by atoms with Gasteiger partial charge in [0.25, 0.3) is 0 Å². The molecule has 3 rings (SSSR count). The van der Waals surface area contributed by atoms with Crippen molar-refractivity contribution in [3.05, 3.63) is 24.5 Å². The zero-order chi connectivity index (χ0) is 16.4. The van der Waals surface area contributed by atoms with Crippen molar-refractivity contribution in [2.75, 3.05) is 13.1 Å². The van der Waals surface area contributed by atoms with E-state index >= 15 is 0 Å². The van der Waals surface area contributed by atoms with E-state index in [4.69, 9.17) is 0 Å². The smallest absolute Gasteiger partial charge is 0.333 e. The number of alkyl halides is 3. The maximum absolute atomic E-state index is 12.4. The van der Waals surface area contributed by atoms with Crippen LogP contribution in [0.4, 0.5) is 13.2 Å². The molecule has 1 aliphatic heterocycles. The van der Waals surface area contributed by atoms with Crippen LogP contribution in [-0.2, 0) is 4.79 Å². The molecular weight excluding hydrogens is 331 g/mol. The third kappa shape index (κ3) is 3.81. The van der Waals surface area contributed by atoms with Gasteiger partial charge in [-0.1, -0.05) is 11.8 Å². The highest BCUT2D eigenvalue weighted by molar-refractivity contribution is 8.00. The van der Waals surface area contributed by atoms with E-state index in [0.717, 1.165) is 22.2 Å². The van der Waals surface area contributed by atoms with E-state index in [2.05, 4.69) is 20.2 Å². The summed E-state index contributed by atoms with van der Waals surface area (Å²) < 4.78 is 37.2. The molecule has 1 fully saturated rings. The summed E-state index contributed by atoms with van der Waals surface area (Å²) in [4.78, 5) is 21.0. The van der Waals surface area contributed by atoms with E-state index in [-0.39, 0.29) is 6.54 Å². The number of rotatable bonds is 4. The number of aromatic amines is 1. The fourth-order valence-electron chi connectivity index (χ4n) is 2.25. The van der Waals surface area contributed by atoms with E-state index in [0.29, 0.717) is 17.4 Å². The summed E-state index contributed by atoms with van der Waals surface area (Å²) in [6.45, 7) is -1.12. The number of aromatic nitrogens is 4. The first-order valence-electron chi connectivity index (χ1n) is 6.77. The number of thioether (sulfide) groups is 1. The molecule has 0 spiro atoms. The number of amides is 1. The number of hydrogen-bond donors (Lipinski definition) is 1. The Balaban J connectivity index is 1.65. The van der Waals surface area contributed by atoms with Gasteiger partial charge >= 0.3 is 6.18 Å². The lowest BCUT2D eigenvalue weighted by atomic mass is 10.3. The minimum absolute atomic E-state index is 0.0932. The van der Waals surface area contributed by atoms with E-state index in [1.54, 1.807) is 24.5 Å². The van der Waals surface area contributed by atoms with Gasteiger partial charge in [-0.2, -0.15) is 13.2 Å². The predicted molar refractivity (Wildman–Crippen MR) is 76.5 cm³/mol. The minimum Gasteiger partial charge on any atom is -0.333 e. The Labute approximate surface area is 133 Å². The normalized spacial score (nSPS) is 18.7. The van der Waals surface area contributed by atoms with Crippen molar-refractivity contribution in [2.24, 2.45) is 0 Å². The molecule has 0 aliphatic carbocycles. The highest BCUT2D eigenvalue weighted by Gasteiger charge is 2.40. The van der Waals surface area contributed by atoms with Crippen molar-refractivity contribution >= 4 is 17.7 Å². The topological polar surface area (TPSA) is 74.8 Å². The molecule has 122 valence electrons. The van der Waals surface area contributed by atoms with Gasteiger partial charge in [0.15, 0.2) is 5.82 Å². The van der Waals surface area contributed by atoms with Crippen LogP contribution in [0.2, 0.25) is 0 Å². The Kier molecular flexibility index (Phi) is 4.24. The standard InChI is InChI=1S/C13H12F3N5OS/c14-13(15,16)7-21-5-3-9(11(21)22)23-12-18-10(19-20-12)8-2-1-4-17-6-8/h1-2,4,6,9H,3,5,7H2,(H,18,19,20)/t9-/m1/s1. The second-order valence-corrected chi connectivity index (χ2v) is 6.15. The number of H-pyrrole nitrogens is 1. The van der Waals surface area contributed by atoms with Gasteiger partial charge in [-0.15, -0.1) is 5.10 Å². The van der Waals surface area contributed by atoms with Crippen LogP contribution >= 0.6 is 11.8 Å². The molecule has 0 saturated carbocycles. The maximum atomic E-state index is 12.4. The maximum Gasteiger partial charge on any atom is 0.406 e. The lowest BCUT2D eigenvalue weighted by Crippen LogP contribution is -2.36. The summed E-state index contributed by atoms with van der Waals surface area (Å²) in [6, 6.07) is 3.55. The average Bonchev–Trinajstić information content (AvgIpc) is 3.09. The molecular formula is C13H12F3N5OS. The van der Waals surface area contributed by atoms with E-state index in [1.165, 1.54) is 0 Å². The number of hydrogen-bond acceptors (Lipinski definition) is 5. The highest BCUT2D eigenvalue weighted by atomic mass is 32.2. The van der Waals surface area contributed by atoms with Crippen molar-refractivity contribution in [3.8, 4) is 11.4 Å². The molecule has 0 unspecified atom stereocenters. The van der Waals surface area contributed by atoms with E-state index in [9.17, 15) is 18.0 Å². The Morgan fingerprint density at radius 1 is 1.43 bits per heavy atom. The fourth-order valence-corrected chi connectivity index (χ4v) is 3.22. The minimum atomic E-state index is -4.38. The SMILES string of the molecule is O=C1[C@H](Sc2n[nH]c(-c3cccnc3)n2)CCN1CC(F)(F)F. The van der Waals surface area contributed by atoms with Gasteiger partial charge in [0.1, 0.15) is 6.54 Å². The molecule has 2 aromatic rings. The monoisotopic (exact) mass is 343 g/mol. The zero-order valence-corrected chi connectivity index (χ0v) is 12.6. The Morgan fingerprint density at radius 3 is 2.96 bits per heavy atom. The number of likely N-dealkylation sites (tertiary alicyclic amines) is 1. The van der Waals surface area contributed by atoms with E-state index in [1.807, 2.05) is 0 Å². The van der Waals surface area contributed by atoms with Crippen LogP contribution in [0.1, 0.15) is 6.42 Å². The van der Waals surface area contributed by atoms with Crippen LogP contribution in [0, 0.1) is 0 Å². The Bertz CT molecular complexity index is 690. The summed E-state index contributed by atoms with van der Waals surface area (Å²) >= 11 is 1.07. The third-order valence-electron chi connectivity index (χ3n) is 3.27. The van der Waals surface area contributed by atoms with Crippen molar-refractivity contribution in [3.63, 3.8) is 0 Å². The second kappa shape index (κ2) is 6.19. The van der Waals surface area contributed by atoms with Gasteiger partial charge in [0.2, 0.25) is 11.1 Å². The van der Waals surface area contributed by atoms with Crippen LogP contribution in [0.3, 0.4) is 0 Å². The summed E-state index contributed by atoms with van der Waals surface area (Å²) in [5.74, 6) is -0.0294. The molecule has 1 N–H and O–H groups in total. The van der Waals surface area contributed by atoms with Crippen LogP contribution in [0.5, 0.6) is 0 Å². The van der Waals surface area contributed by atoms with E-state index < -0.39 is 23.9 Å². The number of nitrogens with zero attached hydrogens (tertiary/aromatic N) is 4. The van der Waals surface area contributed by atoms with Gasteiger partial charge in [-0.3, -0.25) is 14.9 Å². The number of carbonyl (C=O) groups is 1. The van der Waals surface area contributed by atoms with Gasteiger partial charge in [-0.05, 0) is 18.6 Å².